The van der Waals surface area contributed by atoms with E-state index in [1.807, 2.05) is 19.9 Å². The lowest BCUT2D eigenvalue weighted by molar-refractivity contribution is 0.272. The van der Waals surface area contributed by atoms with Gasteiger partial charge in [-0.25, -0.2) is 0 Å². The summed E-state index contributed by atoms with van der Waals surface area (Å²) in [6.45, 7) is 3.97. The monoisotopic (exact) mass is 244 g/mol. The number of rotatable bonds is 2. The lowest BCUT2D eigenvalue weighted by Crippen LogP contribution is -1.98. The van der Waals surface area contributed by atoms with Crippen molar-refractivity contribution in [3.05, 3.63) is 27.2 Å². The maximum absolute atomic E-state index is 9.14. The molecule has 0 heterocycles. The zero-order valence-corrected chi connectivity index (χ0v) is 9.60. The molecular weight excluding hydrogens is 232 g/mol. The van der Waals surface area contributed by atoms with Crippen molar-refractivity contribution >= 4 is 15.9 Å². The Bertz CT molecular complexity index is 321. The summed E-state index contributed by atoms with van der Waals surface area (Å²) in [6, 6.07) is 2.03. The van der Waals surface area contributed by atoms with Crippen LogP contribution in [0.3, 0.4) is 0 Å². The maximum atomic E-state index is 9.14. The third-order valence-electron chi connectivity index (χ3n) is 2.09. The first-order valence-electron chi connectivity index (χ1n) is 4.05. The van der Waals surface area contributed by atoms with E-state index in [4.69, 9.17) is 9.84 Å². The molecule has 0 aliphatic heterocycles. The van der Waals surface area contributed by atoms with Crippen molar-refractivity contribution < 1.29 is 9.84 Å². The zero-order valence-electron chi connectivity index (χ0n) is 8.02. The van der Waals surface area contributed by atoms with Gasteiger partial charge in [-0.15, -0.1) is 0 Å². The number of ether oxygens (including phenoxy) is 1. The van der Waals surface area contributed by atoms with E-state index in [1.165, 1.54) is 0 Å². The number of benzene rings is 1. The van der Waals surface area contributed by atoms with E-state index in [9.17, 15) is 0 Å². The highest BCUT2D eigenvalue weighted by Crippen LogP contribution is 2.34. The quantitative estimate of drug-likeness (QED) is 0.867. The van der Waals surface area contributed by atoms with Gasteiger partial charge in [-0.1, -0.05) is 6.07 Å². The predicted molar refractivity (Wildman–Crippen MR) is 56.1 cm³/mol. The third-order valence-corrected chi connectivity index (χ3v) is 3.08. The van der Waals surface area contributed by atoms with Crippen LogP contribution in [0.25, 0.3) is 0 Å². The van der Waals surface area contributed by atoms with Crippen LogP contribution in [0.1, 0.15) is 16.7 Å². The lowest BCUT2D eigenvalue weighted by Gasteiger charge is -2.13. The van der Waals surface area contributed by atoms with Crippen LogP contribution in [0.5, 0.6) is 5.75 Å². The largest absolute Gasteiger partial charge is 0.495 e. The highest BCUT2D eigenvalue weighted by atomic mass is 79.9. The summed E-state index contributed by atoms with van der Waals surface area (Å²) in [5.41, 5.74) is 3.02. The minimum Gasteiger partial charge on any atom is -0.495 e. The first-order chi connectivity index (χ1) is 6.11. The molecule has 0 spiro atoms. The van der Waals surface area contributed by atoms with Crippen LogP contribution in [0, 0.1) is 13.8 Å². The number of hydrogen-bond acceptors (Lipinski definition) is 2. The molecule has 0 radical (unpaired) electrons. The molecule has 0 aliphatic rings. The Labute approximate surface area is 86.7 Å². The summed E-state index contributed by atoms with van der Waals surface area (Å²) in [5, 5.41) is 9.14. The van der Waals surface area contributed by atoms with E-state index in [-0.39, 0.29) is 6.61 Å². The summed E-state index contributed by atoms with van der Waals surface area (Å²) >= 11 is 3.43. The molecule has 0 saturated heterocycles. The van der Waals surface area contributed by atoms with Gasteiger partial charge in [-0.05, 0) is 40.9 Å². The van der Waals surface area contributed by atoms with Crippen molar-refractivity contribution in [2.24, 2.45) is 0 Å². The summed E-state index contributed by atoms with van der Waals surface area (Å²) in [7, 11) is 1.61. The van der Waals surface area contributed by atoms with Crippen molar-refractivity contribution in [1.29, 1.82) is 0 Å². The van der Waals surface area contributed by atoms with E-state index in [1.54, 1.807) is 7.11 Å². The minimum atomic E-state index is 0.00782. The summed E-state index contributed by atoms with van der Waals surface area (Å²) in [4.78, 5) is 0. The van der Waals surface area contributed by atoms with E-state index < -0.39 is 0 Å². The Morgan fingerprint density at radius 1 is 1.38 bits per heavy atom. The molecule has 0 fully saturated rings. The highest BCUT2D eigenvalue weighted by molar-refractivity contribution is 9.10. The second kappa shape index (κ2) is 4.11. The van der Waals surface area contributed by atoms with E-state index in [0.717, 1.165) is 26.9 Å². The molecule has 0 aliphatic carbocycles. The van der Waals surface area contributed by atoms with Crippen LogP contribution >= 0.6 is 15.9 Å². The fraction of sp³-hybridized carbons (Fsp3) is 0.400. The molecule has 0 amide bonds. The Morgan fingerprint density at radius 3 is 2.46 bits per heavy atom. The van der Waals surface area contributed by atoms with E-state index >= 15 is 0 Å². The first-order valence-corrected chi connectivity index (χ1v) is 4.84. The van der Waals surface area contributed by atoms with Crippen LogP contribution in [0.15, 0.2) is 10.5 Å². The SMILES string of the molecule is COc1c(Br)c(C)cc(C)c1CO. The second-order valence-corrected chi connectivity index (χ2v) is 3.79. The van der Waals surface area contributed by atoms with Crippen LogP contribution < -0.4 is 4.74 Å². The number of methoxy groups -OCH3 is 1. The molecule has 0 bridgehead atoms. The molecule has 0 unspecified atom stereocenters. The standard InChI is InChI=1S/C10H13BrO2/c1-6-4-7(2)9(11)10(13-3)8(6)5-12/h4,12H,5H2,1-3H3. The average molecular weight is 245 g/mol. The van der Waals surface area contributed by atoms with Gasteiger partial charge in [0.1, 0.15) is 5.75 Å². The summed E-state index contributed by atoms with van der Waals surface area (Å²) in [6.07, 6.45) is 0. The second-order valence-electron chi connectivity index (χ2n) is 2.99. The molecule has 1 rings (SSSR count). The van der Waals surface area contributed by atoms with Gasteiger partial charge in [-0.2, -0.15) is 0 Å². The van der Waals surface area contributed by atoms with Gasteiger partial charge < -0.3 is 9.84 Å². The fourth-order valence-electron chi connectivity index (χ4n) is 1.38. The topological polar surface area (TPSA) is 29.5 Å². The van der Waals surface area contributed by atoms with Gasteiger partial charge in [0.05, 0.1) is 18.2 Å². The Balaban J connectivity index is 3.41. The Kier molecular flexibility index (Phi) is 3.33. The molecule has 0 aromatic heterocycles. The van der Waals surface area contributed by atoms with E-state index in [0.29, 0.717) is 0 Å². The fourth-order valence-corrected chi connectivity index (χ4v) is 1.89. The molecule has 0 saturated carbocycles. The number of aryl methyl sites for hydroxylation is 2. The van der Waals surface area contributed by atoms with Crippen molar-refractivity contribution in [1.82, 2.24) is 0 Å². The molecule has 72 valence electrons. The van der Waals surface area contributed by atoms with Gasteiger partial charge in [-0.3, -0.25) is 0 Å². The number of aliphatic hydroxyl groups excluding tert-OH is 1. The summed E-state index contributed by atoms with van der Waals surface area (Å²) < 4.78 is 6.14. The van der Waals surface area contributed by atoms with Crippen molar-refractivity contribution in [2.75, 3.05) is 7.11 Å². The number of hydrogen-bond donors (Lipinski definition) is 1. The molecule has 0 atom stereocenters. The molecule has 2 nitrogen and oxygen atoms in total. The molecule has 3 heteroatoms. The van der Waals surface area contributed by atoms with Crippen LogP contribution in [0.4, 0.5) is 0 Å². The highest BCUT2D eigenvalue weighted by Gasteiger charge is 2.11. The van der Waals surface area contributed by atoms with Crippen LogP contribution in [-0.2, 0) is 6.61 Å². The first kappa shape index (κ1) is 10.5. The zero-order chi connectivity index (χ0) is 10.0. The predicted octanol–water partition coefficient (Wildman–Crippen LogP) is 2.57. The van der Waals surface area contributed by atoms with Crippen LogP contribution in [0.2, 0.25) is 0 Å². The van der Waals surface area contributed by atoms with Crippen molar-refractivity contribution in [2.45, 2.75) is 20.5 Å². The Hall–Kier alpha value is -0.540. The van der Waals surface area contributed by atoms with Crippen molar-refractivity contribution in [3.63, 3.8) is 0 Å². The van der Waals surface area contributed by atoms with Crippen LogP contribution in [-0.4, -0.2) is 12.2 Å². The van der Waals surface area contributed by atoms with Gasteiger partial charge in [0, 0.05) is 5.56 Å². The lowest BCUT2D eigenvalue weighted by atomic mass is 10.1. The average Bonchev–Trinajstić information content (AvgIpc) is 2.10. The smallest absolute Gasteiger partial charge is 0.139 e. The maximum Gasteiger partial charge on any atom is 0.139 e. The third kappa shape index (κ3) is 1.86. The van der Waals surface area contributed by atoms with Gasteiger partial charge in [0.15, 0.2) is 0 Å². The molecule has 1 aromatic rings. The molecule has 13 heavy (non-hydrogen) atoms. The summed E-state index contributed by atoms with van der Waals surface area (Å²) in [5.74, 6) is 0.736. The van der Waals surface area contributed by atoms with Gasteiger partial charge >= 0.3 is 0 Å². The van der Waals surface area contributed by atoms with E-state index in [2.05, 4.69) is 15.9 Å². The van der Waals surface area contributed by atoms with Crippen molar-refractivity contribution in [3.8, 4) is 5.75 Å². The van der Waals surface area contributed by atoms with Gasteiger partial charge in [0.2, 0.25) is 0 Å². The van der Waals surface area contributed by atoms with Gasteiger partial charge in [0.25, 0.3) is 0 Å². The Morgan fingerprint density at radius 2 is 2.00 bits per heavy atom. The number of aliphatic hydroxyl groups is 1. The minimum absolute atomic E-state index is 0.00782. The molecule has 1 N–H and O–H groups in total. The molecular formula is C10H13BrO2. The number of halogens is 1. The molecule has 1 aromatic carbocycles. The normalized spacial score (nSPS) is 10.2.